The maximum atomic E-state index is 12.5. The lowest BCUT2D eigenvalue weighted by Crippen LogP contribution is -2.55. The van der Waals surface area contributed by atoms with E-state index < -0.39 is 6.04 Å². The third-order valence-electron chi connectivity index (χ3n) is 3.99. The van der Waals surface area contributed by atoms with Crippen LogP contribution in [0.15, 0.2) is 47.1 Å². The number of amides is 2. The molecule has 0 aliphatic carbocycles. The Labute approximate surface area is 140 Å². The molecule has 1 atom stereocenters. The molecule has 1 aliphatic heterocycles. The monoisotopic (exact) mass is 328 g/mol. The number of ether oxygens (including phenoxy) is 1. The van der Waals surface area contributed by atoms with Gasteiger partial charge in [0, 0.05) is 6.54 Å². The highest BCUT2D eigenvalue weighted by Gasteiger charge is 2.33. The Morgan fingerprint density at radius 3 is 2.79 bits per heavy atom. The summed E-state index contributed by atoms with van der Waals surface area (Å²) in [7, 11) is 0. The van der Waals surface area contributed by atoms with Gasteiger partial charge in [-0.3, -0.25) is 9.59 Å². The van der Waals surface area contributed by atoms with Crippen molar-refractivity contribution in [3.8, 4) is 0 Å². The number of carbonyl (C=O) groups is 2. The minimum Gasteiger partial charge on any atom is -0.467 e. The van der Waals surface area contributed by atoms with Gasteiger partial charge in [-0.05, 0) is 24.6 Å². The lowest BCUT2D eigenvalue weighted by atomic mass is 10.1. The highest BCUT2D eigenvalue weighted by Crippen LogP contribution is 2.15. The number of nitrogens with zero attached hydrogens (tertiary/aromatic N) is 1. The number of morpholine rings is 1. The molecule has 1 aromatic carbocycles. The number of carbonyl (C=O) groups excluding carboxylic acids is 2. The van der Waals surface area contributed by atoms with Gasteiger partial charge in [0.15, 0.2) is 0 Å². The van der Waals surface area contributed by atoms with Crippen LogP contribution < -0.4 is 5.32 Å². The molecule has 2 heterocycles. The van der Waals surface area contributed by atoms with E-state index in [1.807, 2.05) is 31.2 Å². The van der Waals surface area contributed by atoms with E-state index in [1.54, 1.807) is 23.3 Å². The lowest BCUT2D eigenvalue weighted by molar-refractivity contribution is -0.155. The topological polar surface area (TPSA) is 71.8 Å². The number of rotatable bonds is 5. The fourth-order valence-electron chi connectivity index (χ4n) is 2.62. The van der Waals surface area contributed by atoms with E-state index in [2.05, 4.69) is 5.32 Å². The van der Waals surface area contributed by atoms with Crippen molar-refractivity contribution in [1.82, 2.24) is 10.2 Å². The lowest BCUT2D eigenvalue weighted by Gasteiger charge is -2.34. The van der Waals surface area contributed by atoms with Crippen molar-refractivity contribution in [2.75, 3.05) is 13.2 Å². The number of aryl methyl sites for hydroxylation is 1. The normalized spacial score (nSPS) is 17.8. The zero-order valence-electron chi connectivity index (χ0n) is 13.5. The molecular formula is C18H20N2O4. The smallest absolute Gasteiger partial charge is 0.249 e. The minimum atomic E-state index is -0.637. The molecule has 6 nitrogen and oxygen atoms in total. The molecule has 2 amide bonds. The van der Waals surface area contributed by atoms with E-state index in [9.17, 15) is 9.59 Å². The Bertz CT molecular complexity index is 694. The predicted molar refractivity (Wildman–Crippen MR) is 86.9 cm³/mol. The van der Waals surface area contributed by atoms with Gasteiger partial charge in [-0.2, -0.15) is 0 Å². The van der Waals surface area contributed by atoms with Crippen molar-refractivity contribution < 1.29 is 18.7 Å². The summed E-state index contributed by atoms with van der Waals surface area (Å²) in [6, 6.07) is 10.8. The third kappa shape index (κ3) is 3.83. The average molecular weight is 328 g/mol. The summed E-state index contributed by atoms with van der Waals surface area (Å²) in [6.45, 7) is 2.89. The first kappa shape index (κ1) is 16.3. The molecule has 0 spiro atoms. The number of hydrogen-bond donors (Lipinski definition) is 1. The van der Waals surface area contributed by atoms with Gasteiger partial charge in [0.05, 0.1) is 19.4 Å². The Balaban J connectivity index is 1.67. The van der Waals surface area contributed by atoms with E-state index in [0.717, 1.165) is 11.1 Å². The Hall–Kier alpha value is -2.60. The standard InChI is InChI=1S/C18H20N2O4/c1-13-4-6-14(7-5-13)10-20-16(11-23-12-17(20)21)18(22)19-9-15-3-2-8-24-15/h2-8,16H,9-12H2,1H3,(H,19,22)/t16-/m0/s1. The van der Waals surface area contributed by atoms with Crippen molar-refractivity contribution in [3.05, 3.63) is 59.5 Å². The molecular weight excluding hydrogens is 308 g/mol. The first-order valence-electron chi connectivity index (χ1n) is 7.86. The second-order valence-corrected chi connectivity index (χ2v) is 5.84. The van der Waals surface area contributed by atoms with Crippen molar-refractivity contribution >= 4 is 11.8 Å². The molecule has 0 radical (unpaired) electrons. The molecule has 1 aliphatic rings. The van der Waals surface area contributed by atoms with Gasteiger partial charge in [0.1, 0.15) is 18.4 Å². The molecule has 3 rings (SSSR count). The van der Waals surface area contributed by atoms with E-state index in [1.165, 1.54) is 0 Å². The van der Waals surface area contributed by atoms with Gasteiger partial charge < -0.3 is 19.4 Å². The van der Waals surface area contributed by atoms with E-state index >= 15 is 0 Å². The van der Waals surface area contributed by atoms with Gasteiger partial charge in [0.25, 0.3) is 0 Å². The van der Waals surface area contributed by atoms with Crippen molar-refractivity contribution in [2.45, 2.75) is 26.1 Å². The molecule has 1 saturated heterocycles. The van der Waals surface area contributed by atoms with Crippen LogP contribution in [0.1, 0.15) is 16.9 Å². The maximum absolute atomic E-state index is 12.5. The van der Waals surface area contributed by atoms with Gasteiger partial charge in [0.2, 0.25) is 11.8 Å². The van der Waals surface area contributed by atoms with Crippen LogP contribution >= 0.6 is 0 Å². The van der Waals surface area contributed by atoms with Gasteiger partial charge in [-0.1, -0.05) is 29.8 Å². The summed E-state index contributed by atoms with van der Waals surface area (Å²) in [5.41, 5.74) is 2.14. The highest BCUT2D eigenvalue weighted by molar-refractivity contribution is 5.89. The van der Waals surface area contributed by atoms with Crippen LogP contribution in [0.3, 0.4) is 0 Å². The fraction of sp³-hybridized carbons (Fsp3) is 0.333. The zero-order chi connectivity index (χ0) is 16.9. The predicted octanol–water partition coefficient (Wildman–Crippen LogP) is 1.63. The van der Waals surface area contributed by atoms with Crippen LogP contribution in [-0.4, -0.2) is 36.0 Å². The van der Waals surface area contributed by atoms with Gasteiger partial charge in [-0.25, -0.2) is 0 Å². The molecule has 6 heteroatoms. The zero-order valence-corrected chi connectivity index (χ0v) is 13.5. The van der Waals surface area contributed by atoms with Crippen molar-refractivity contribution in [1.29, 1.82) is 0 Å². The number of nitrogens with one attached hydrogen (secondary N) is 1. The SMILES string of the molecule is Cc1ccc(CN2C(=O)COC[C@H]2C(=O)NCc2ccco2)cc1. The third-order valence-corrected chi connectivity index (χ3v) is 3.99. The van der Waals surface area contributed by atoms with Crippen molar-refractivity contribution in [2.24, 2.45) is 0 Å². The van der Waals surface area contributed by atoms with Crippen LogP contribution in [0.4, 0.5) is 0 Å². The van der Waals surface area contributed by atoms with Crippen LogP contribution in [-0.2, 0) is 27.4 Å². The maximum Gasteiger partial charge on any atom is 0.249 e. The van der Waals surface area contributed by atoms with Crippen LogP contribution in [0.25, 0.3) is 0 Å². The summed E-state index contributed by atoms with van der Waals surface area (Å²) in [6.07, 6.45) is 1.55. The number of benzene rings is 1. The quantitative estimate of drug-likeness (QED) is 0.905. The molecule has 1 aromatic heterocycles. The summed E-state index contributed by atoms with van der Waals surface area (Å²) in [4.78, 5) is 26.3. The Morgan fingerprint density at radius 1 is 1.29 bits per heavy atom. The number of furan rings is 1. The fourth-order valence-corrected chi connectivity index (χ4v) is 2.62. The highest BCUT2D eigenvalue weighted by atomic mass is 16.5. The van der Waals surface area contributed by atoms with E-state index in [4.69, 9.17) is 9.15 Å². The van der Waals surface area contributed by atoms with Gasteiger partial charge in [-0.15, -0.1) is 0 Å². The molecule has 1 fully saturated rings. The largest absolute Gasteiger partial charge is 0.467 e. The Morgan fingerprint density at radius 2 is 2.08 bits per heavy atom. The average Bonchev–Trinajstić information content (AvgIpc) is 3.10. The van der Waals surface area contributed by atoms with Crippen LogP contribution in [0.5, 0.6) is 0 Å². The van der Waals surface area contributed by atoms with E-state index in [0.29, 0.717) is 12.3 Å². The molecule has 0 unspecified atom stereocenters. The van der Waals surface area contributed by atoms with Crippen LogP contribution in [0.2, 0.25) is 0 Å². The van der Waals surface area contributed by atoms with Crippen molar-refractivity contribution in [3.63, 3.8) is 0 Å². The summed E-state index contributed by atoms with van der Waals surface area (Å²) in [5, 5.41) is 2.79. The first-order chi connectivity index (χ1) is 11.6. The number of hydrogen-bond acceptors (Lipinski definition) is 4. The van der Waals surface area contributed by atoms with E-state index in [-0.39, 0.29) is 31.6 Å². The molecule has 1 N–H and O–H groups in total. The molecule has 126 valence electrons. The minimum absolute atomic E-state index is 0.00776. The molecule has 0 bridgehead atoms. The Kier molecular flexibility index (Phi) is 4.96. The van der Waals surface area contributed by atoms with Gasteiger partial charge >= 0.3 is 0 Å². The second-order valence-electron chi connectivity index (χ2n) is 5.84. The molecule has 0 saturated carbocycles. The summed E-state index contributed by atoms with van der Waals surface area (Å²) in [5.74, 6) is 0.239. The second kappa shape index (κ2) is 7.31. The summed E-state index contributed by atoms with van der Waals surface area (Å²) >= 11 is 0. The molecule has 24 heavy (non-hydrogen) atoms. The summed E-state index contributed by atoms with van der Waals surface area (Å²) < 4.78 is 10.5. The molecule has 2 aromatic rings. The van der Waals surface area contributed by atoms with Crippen LogP contribution in [0, 0.1) is 6.92 Å². The first-order valence-corrected chi connectivity index (χ1v) is 7.86.